The first kappa shape index (κ1) is 28.4. The van der Waals surface area contributed by atoms with Crippen LogP contribution in [-0.4, -0.2) is 44.7 Å². The van der Waals surface area contributed by atoms with Crippen LogP contribution in [0.3, 0.4) is 0 Å². The van der Waals surface area contributed by atoms with Gasteiger partial charge in [0.1, 0.15) is 0 Å². The average Bonchev–Trinajstić information content (AvgIpc) is 2.79. The van der Waals surface area contributed by atoms with Gasteiger partial charge in [0.15, 0.2) is 17.5 Å². The maximum atomic E-state index is 12.9. The van der Waals surface area contributed by atoms with E-state index in [0.717, 1.165) is 0 Å². The Bertz CT molecular complexity index is 870. The van der Waals surface area contributed by atoms with Crippen LogP contribution in [0.4, 0.5) is 8.78 Å². The molecule has 33 heavy (non-hydrogen) atoms. The van der Waals surface area contributed by atoms with E-state index in [1.165, 1.54) is 0 Å². The molecular weight excluding hydrogens is 545 g/mol. The highest BCUT2D eigenvalue weighted by molar-refractivity contribution is 14.0. The smallest absolute Gasteiger partial charge is 0.387 e. The number of benzene rings is 2. The number of halogens is 3. The molecule has 0 aliphatic carbocycles. The third kappa shape index (κ3) is 10.2. The first-order valence-corrected chi connectivity index (χ1v) is 10.6. The van der Waals surface area contributed by atoms with Gasteiger partial charge in [-0.3, -0.25) is 4.79 Å². The van der Waals surface area contributed by atoms with Gasteiger partial charge in [0.25, 0.3) is 5.91 Å². The topological polar surface area (TPSA) is 84.0 Å². The minimum atomic E-state index is -2.96. The summed E-state index contributed by atoms with van der Waals surface area (Å²) in [6.07, 6.45) is 0.683. The van der Waals surface area contributed by atoms with Crippen LogP contribution >= 0.6 is 24.0 Å². The number of nitrogens with zero attached hydrogens (tertiary/aromatic N) is 1. The molecule has 2 aromatic rings. The number of alkyl halides is 2. The first-order valence-electron chi connectivity index (χ1n) is 10.6. The lowest BCUT2D eigenvalue weighted by Gasteiger charge is -2.15. The van der Waals surface area contributed by atoms with Crippen LogP contribution < -0.4 is 25.4 Å². The summed E-state index contributed by atoms with van der Waals surface area (Å²) in [5.74, 6) is 0.666. The van der Waals surface area contributed by atoms with Gasteiger partial charge in [-0.25, -0.2) is 4.99 Å². The summed E-state index contributed by atoms with van der Waals surface area (Å²) in [4.78, 5) is 16.5. The normalized spacial score (nSPS) is 10.9. The Morgan fingerprint density at radius 1 is 1.00 bits per heavy atom. The standard InChI is InChI=1S/C23H30F2N4O3.HI/c1-3-26-23(28-15-9-14-27-21(30)17-10-6-5-7-11-17)29-16-18-12-8-13-19(31-4-2)20(18)32-22(24)25;/h5-8,10-13,22H,3-4,9,14-16H2,1-2H3,(H,27,30)(H2,26,28,29);1H. The molecule has 0 aliphatic rings. The van der Waals surface area contributed by atoms with E-state index >= 15 is 0 Å². The summed E-state index contributed by atoms with van der Waals surface area (Å²) < 4.78 is 35.8. The molecule has 2 rings (SSSR count). The predicted octanol–water partition coefficient (Wildman–Crippen LogP) is 4.18. The maximum Gasteiger partial charge on any atom is 0.387 e. The van der Waals surface area contributed by atoms with Crippen LogP contribution in [0.2, 0.25) is 0 Å². The molecule has 0 aromatic heterocycles. The van der Waals surface area contributed by atoms with Gasteiger partial charge in [-0.2, -0.15) is 8.78 Å². The molecule has 7 nitrogen and oxygen atoms in total. The Labute approximate surface area is 210 Å². The maximum absolute atomic E-state index is 12.9. The second-order valence-corrected chi connectivity index (χ2v) is 6.65. The van der Waals surface area contributed by atoms with Crippen LogP contribution in [-0.2, 0) is 6.54 Å². The molecule has 3 N–H and O–H groups in total. The lowest BCUT2D eigenvalue weighted by atomic mass is 10.2. The molecule has 0 heterocycles. The second kappa shape index (κ2) is 16.1. The van der Waals surface area contributed by atoms with Crippen LogP contribution in [0, 0.1) is 0 Å². The second-order valence-electron chi connectivity index (χ2n) is 6.65. The number of rotatable bonds is 12. The fourth-order valence-corrected chi connectivity index (χ4v) is 2.87. The number of amides is 1. The highest BCUT2D eigenvalue weighted by Gasteiger charge is 2.15. The van der Waals surface area contributed by atoms with Crippen LogP contribution in [0.15, 0.2) is 53.5 Å². The molecule has 0 aliphatic heterocycles. The van der Waals surface area contributed by atoms with E-state index in [-0.39, 0.29) is 47.9 Å². The van der Waals surface area contributed by atoms with Gasteiger partial charge < -0.3 is 25.4 Å². The van der Waals surface area contributed by atoms with E-state index in [0.29, 0.717) is 49.7 Å². The summed E-state index contributed by atoms with van der Waals surface area (Å²) in [6.45, 7) is 2.90. The number of hydrogen-bond donors (Lipinski definition) is 3. The molecule has 0 saturated heterocycles. The molecule has 0 spiro atoms. The van der Waals surface area contributed by atoms with Crippen molar-refractivity contribution < 1.29 is 23.0 Å². The molecule has 2 aromatic carbocycles. The number of carbonyl (C=O) groups is 1. The Morgan fingerprint density at radius 2 is 1.73 bits per heavy atom. The summed E-state index contributed by atoms with van der Waals surface area (Å²) in [6, 6.07) is 14.0. The van der Waals surface area contributed by atoms with E-state index in [9.17, 15) is 13.6 Å². The van der Waals surface area contributed by atoms with Crippen molar-refractivity contribution in [2.45, 2.75) is 33.4 Å². The Hall–Kier alpha value is -2.63. The van der Waals surface area contributed by atoms with Crippen LogP contribution in [0.5, 0.6) is 11.5 Å². The quantitative estimate of drug-likeness (QED) is 0.153. The fourth-order valence-electron chi connectivity index (χ4n) is 2.87. The van der Waals surface area contributed by atoms with E-state index in [4.69, 9.17) is 4.74 Å². The van der Waals surface area contributed by atoms with Gasteiger partial charge in [0, 0.05) is 30.8 Å². The minimum absolute atomic E-state index is 0. The number of para-hydroxylation sites is 1. The fraction of sp³-hybridized carbons (Fsp3) is 0.391. The number of guanidine groups is 1. The van der Waals surface area contributed by atoms with Crippen molar-refractivity contribution in [1.29, 1.82) is 0 Å². The largest absolute Gasteiger partial charge is 0.490 e. The highest BCUT2D eigenvalue weighted by Crippen LogP contribution is 2.33. The molecule has 0 saturated carbocycles. The number of ether oxygens (including phenoxy) is 2. The van der Waals surface area contributed by atoms with Gasteiger partial charge in [-0.05, 0) is 38.5 Å². The minimum Gasteiger partial charge on any atom is -0.490 e. The van der Waals surface area contributed by atoms with Crippen molar-refractivity contribution in [2.75, 3.05) is 26.2 Å². The summed E-state index contributed by atoms with van der Waals surface area (Å²) in [5, 5.41) is 9.15. The Morgan fingerprint density at radius 3 is 2.39 bits per heavy atom. The van der Waals surface area contributed by atoms with Gasteiger partial charge in [-0.1, -0.05) is 30.3 Å². The Kier molecular flexibility index (Phi) is 13.8. The van der Waals surface area contributed by atoms with Crippen molar-refractivity contribution in [2.24, 2.45) is 4.99 Å². The van der Waals surface area contributed by atoms with Crippen molar-refractivity contribution in [3.8, 4) is 11.5 Å². The third-order valence-corrected chi connectivity index (χ3v) is 4.29. The number of carbonyl (C=O) groups excluding carboxylic acids is 1. The zero-order chi connectivity index (χ0) is 23.2. The van der Waals surface area contributed by atoms with E-state index in [1.807, 2.05) is 25.1 Å². The molecule has 0 unspecified atom stereocenters. The third-order valence-electron chi connectivity index (χ3n) is 4.29. The lowest BCUT2D eigenvalue weighted by Crippen LogP contribution is -2.38. The zero-order valence-corrected chi connectivity index (χ0v) is 21.1. The predicted molar refractivity (Wildman–Crippen MR) is 136 cm³/mol. The molecule has 10 heteroatoms. The van der Waals surface area contributed by atoms with Gasteiger partial charge in [0.05, 0.1) is 13.2 Å². The van der Waals surface area contributed by atoms with E-state index < -0.39 is 6.61 Å². The lowest BCUT2D eigenvalue weighted by molar-refractivity contribution is -0.0520. The molecule has 0 radical (unpaired) electrons. The van der Waals surface area contributed by atoms with Crippen molar-refractivity contribution in [3.63, 3.8) is 0 Å². The van der Waals surface area contributed by atoms with Crippen molar-refractivity contribution in [1.82, 2.24) is 16.0 Å². The number of hydrogen-bond acceptors (Lipinski definition) is 4. The summed E-state index contributed by atoms with van der Waals surface area (Å²) in [5.41, 5.74) is 1.11. The number of nitrogens with one attached hydrogen (secondary N) is 3. The number of aliphatic imine (C=N–C) groups is 1. The highest BCUT2D eigenvalue weighted by atomic mass is 127. The molecule has 1 amide bonds. The van der Waals surface area contributed by atoms with Gasteiger partial charge >= 0.3 is 6.61 Å². The molecular formula is C23H31F2IN4O3. The SMILES string of the molecule is CCNC(=NCc1cccc(OCC)c1OC(F)F)NCCCNC(=O)c1ccccc1.I. The first-order chi connectivity index (χ1) is 15.5. The van der Waals surface area contributed by atoms with E-state index in [1.54, 1.807) is 37.3 Å². The zero-order valence-electron chi connectivity index (χ0n) is 18.8. The van der Waals surface area contributed by atoms with Crippen LogP contribution in [0.25, 0.3) is 0 Å². The van der Waals surface area contributed by atoms with Crippen LogP contribution in [0.1, 0.15) is 36.2 Å². The monoisotopic (exact) mass is 576 g/mol. The van der Waals surface area contributed by atoms with Crippen molar-refractivity contribution >= 4 is 35.8 Å². The van der Waals surface area contributed by atoms with Gasteiger partial charge in [-0.15, -0.1) is 24.0 Å². The summed E-state index contributed by atoms with van der Waals surface area (Å²) in [7, 11) is 0. The Balaban J connectivity index is 0.00000544. The van der Waals surface area contributed by atoms with Crippen molar-refractivity contribution in [3.05, 3.63) is 59.7 Å². The molecule has 182 valence electrons. The molecule has 0 bridgehead atoms. The van der Waals surface area contributed by atoms with E-state index in [2.05, 4.69) is 25.7 Å². The molecule has 0 fully saturated rings. The van der Waals surface area contributed by atoms with Gasteiger partial charge in [0.2, 0.25) is 0 Å². The average molecular weight is 576 g/mol. The summed E-state index contributed by atoms with van der Waals surface area (Å²) >= 11 is 0. The molecule has 0 atom stereocenters.